The number of carboxylic acid groups (broad SMARTS) is 1. The molecule has 1 aliphatic rings. The van der Waals surface area contributed by atoms with E-state index in [4.69, 9.17) is 5.11 Å². The molecule has 0 bridgehead atoms. The molecule has 0 aliphatic carbocycles. The lowest BCUT2D eigenvalue weighted by Gasteiger charge is -2.25. The zero-order chi connectivity index (χ0) is 18.4. The Bertz CT molecular complexity index is 621. The smallest absolute Gasteiger partial charge is 0.317 e. The molecule has 25 heavy (non-hydrogen) atoms. The standard InChI is InChI=1S/C19H28N2O3S/c1-14-6-7-17(15(2)11-14)25-13-18(22)21-9-4-5-16(8-10-21)20(3)12-19(23)24/h6-7,11,16H,4-5,8-10,12-13H2,1-3H3,(H,23,24). The van der Waals surface area contributed by atoms with E-state index in [1.165, 1.54) is 11.1 Å². The first-order chi connectivity index (χ1) is 11.9. The minimum absolute atomic E-state index is 0.0567. The predicted octanol–water partition coefficient (Wildman–Crippen LogP) is 2.79. The largest absolute Gasteiger partial charge is 0.480 e. The second kappa shape index (κ2) is 9.25. The minimum Gasteiger partial charge on any atom is -0.480 e. The number of hydrogen-bond acceptors (Lipinski definition) is 4. The first kappa shape index (κ1) is 19.8. The Morgan fingerprint density at radius 2 is 2.04 bits per heavy atom. The SMILES string of the molecule is Cc1ccc(SCC(=O)N2CCCC(N(C)CC(=O)O)CC2)c(C)c1. The van der Waals surface area contributed by atoms with Crippen molar-refractivity contribution in [3.8, 4) is 0 Å². The quantitative estimate of drug-likeness (QED) is 0.787. The third-order valence-electron chi connectivity index (χ3n) is 4.74. The number of nitrogens with zero attached hydrogens (tertiary/aromatic N) is 2. The summed E-state index contributed by atoms with van der Waals surface area (Å²) in [6.07, 6.45) is 2.70. The van der Waals surface area contributed by atoms with Gasteiger partial charge in [0, 0.05) is 24.0 Å². The van der Waals surface area contributed by atoms with Gasteiger partial charge < -0.3 is 10.0 Å². The van der Waals surface area contributed by atoms with Gasteiger partial charge in [-0.05, 0) is 51.8 Å². The Kier molecular flexibility index (Phi) is 7.32. The number of hydrogen-bond donors (Lipinski definition) is 1. The van der Waals surface area contributed by atoms with E-state index in [1.807, 2.05) is 16.8 Å². The van der Waals surface area contributed by atoms with Crippen molar-refractivity contribution in [3.05, 3.63) is 29.3 Å². The van der Waals surface area contributed by atoms with E-state index < -0.39 is 5.97 Å². The van der Waals surface area contributed by atoms with Crippen molar-refractivity contribution in [1.82, 2.24) is 9.80 Å². The van der Waals surface area contributed by atoms with E-state index in [9.17, 15) is 9.59 Å². The Labute approximate surface area is 154 Å². The van der Waals surface area contributed by atoms with Gasteiger partial charge in [-0.25, -0.2) is 0 Å². The van der Waals surface area contributed by atoms with Gasteiger partial charge in [0.1, 0.15) is 0 Å². The van der Waals surface area contributed by atoms with Crippen LogP contribution in [0.5, 0.6) is 0 Å². The highest BCUT2D eigenvalue weighted by molar-refractivity contribution is 8.00. The van der Waals surface area contributed by atoms with E-state index in [0.717, 1.165) is 30.7 Å². The molecule has 138 valence electrons. The van der Waals surface area contributed by atoms with Crippen LogP contribution in [0.3, 0.4) is 0 Å². The zero-order valence-electron chi connectivity index (χ0n) is 15.3. The van der Waals surface area contributed by atoms with Gasteiger partial charge in [-0.3, -0.25) is 14.5 Å². The number of aliphatic carboxylic acids is 1. The van der Waals surface area contributed by atoms with Crippen molar-refractivity contribution >= 4 is 23.6 Å². The third kappa shape index (κ3) is 6.04. The molecular weight excluding hydrogens is 336 g/mol. The van der Waals surface area contributed by atoms with E-state index >= 15 is 0 Å². The number of carbonyl (C=O) groups excluding carboxylic acids is 1. The fourth-order valence-corrected chi connectivity index (χ4v) is 4.22. The number of carboxylic acids is 1. The van der Waals surface area contributed by atoms with Crippen LogP contribution in [0, 0.1) is 13.8 Å². The molecular formula is C19H28N2O3S. The highest BCUT2D eigenvalue weighted by atomic mass is 32.2. The number of aryl methyl sites for hydroxylation is 2. The van der Waals surface area contributed by atoms with Crippen molar-refractivity contribution in [3.63, 3.8) is 0 Å². The van der Waals surface area contributed by atoms with Gasteiger partial charge in [-0.2, -0.15) is 0 Å². The summed E-state index contributed by atoms with van der Waals surface area (Å²) in [7, 11) is 1.85. The minimum atomic E-state index is -0.801. The summed E-state index contributed by atoms with van der Waals surface area (Å²) >= 11 is 1.60. The number of amides is 1. The van der Waals surface area contributed by atoms with Gasteiger partial charge >= 0.3 is 5.97 Å². The Hall–Kier alpha value is -1.53. The van der Waals surface area contributed by atoms with Gasteiger partial charge in [0.2, 0.25) is 5.91 Å². The van der Waals surface area contributed by atoms with Crippen LogP contribution in [0.2, 0.25) is 0 Å². The second-order valence-electron chi connectivity index (χ2n) is 6.83. The maximum absolute atomic E-state index is 12.6. The van der Waals surface area contributed by atoms with Gasteiger partial charge in [-0.1, -0.05) is 17.7 Å². The van der Waals surface area contributed by atoms with Crippen molar-refractivity contribution in [1.29, 1.82) is 0 Å². The number of rotatable bonds is 6. The second-order valence-corrected chi connectivity index (χ2v) is 7.85. The summed E-state index contributed by atoms with van der Waals surface area (Å²) in [5.41, 5.74) is 2.45. The summed E-state index contributed by atoms with van der Waals surface area (Å²) in [5.74, 6) is -0.171. The molecule has 1 aliphatic heterocycles. The number of benzene rings is 1. The third-order valence-corrected chi connectivity index (χ3v) is 5.90. The van der Waals surface area contributed by atoms with Crippen LogP contribution in [0.4, 0.5) is 0 Å². The summed E-state index contributed by atoms with van der Waals surface area (Å²) in [6, 6.07) is 6.54. The molecule has 1 unspecified atom stereocenters. The summed E-state index contributed by atoms with van der Waals surface area (Å²) < 4.78 is 0. The summed E-state index contributed by atoms with van der Waals surface area (Å²) in [6.45, 7) is 5.68. The summed E-state index contributed by atoms with van der Waals surface area (Å²) in [4.78, 5) is 28.4. The highest BCUT2D eigenvalue weighted by Gasteiger charge is 2.24. The number of carbonyl (C=O) groups is 2. The van der Waals surface area contributed by atoms with Crippen LogP contribution in [-0.4, -0.2) is 65.3 Å². The van der Waals surface area contributed by atoms with Crippen molar-refractivity contribution in [2.45, 2.75) is 44.0 Å². The Balaban J connectivity index is 1.85. The van der Waals surface area contributed by atoms with E-state index in [1.54, 1.807) is 11.8 Å². The first-order valence-electron chi connectivity index (χ1n) is 8.76. The molecule has 1 aromatic carbocycles. The molecule has 0 aromatic heterocycles. The van der Waals surface area contributed by atoms with Crippen LogP contribution >= 0.6 is 11.8 Å². The molecule has 6 heteroatoms. The maximum Gasteiger partial charge on any atom is 0.317 e. The topological polar surface area (TPSA) is 60.9 Å². The Morgan fingerprint density at radius 3 is 2.72 bits per heavy atom. The fraction of sp³-hybridized carbons (Fsp3) is 0.579. The lowest BCUT2D eigenvalue weighted by molar-refractivity contribution is -0.138. The molecule has 1 aromatic rings. The number of thioether (sulfide) groups is 1. The molecule has 0 spiro atoms. The maximum atomic E-state index is 12.6. The molecule has 1 saturated heterocycles. The lowest BCUT2D eigenvalue weighted by atomic mass is 10.1. The highest BCUT2D eigenvalue weighted by Crippen LogP contribution is 2.24. The van der Waals surface area contributed by atoms with E-state index in [-0.39, 0.29) is 18.5 Å². The van der Waals surface area contributed by atoms with Crippen LogP contribution < -0.4 is 0 Å². The van der Waals surface area contributed by atoms with Crippen LogP contribution in [0.25, 0.3) is 0 Å². The molecule has 1 N–H and O–H groups in total. The molecule has 5 nitrogen and oxygen atoms in total. The Morgan fingerprint density at radius 1 is 1.28 bits per heavy atom. The van der Waals surface area contributed by atoms with Gasteiger partial charge in [-0.15, -0.1) is 11.8 Å². The zero-order valence-corrected chi connectivity index (χ0v) is 16.1. The monoisotopic (exact) mass is 364 g/mol. The van der Waals surface area contributed by atoms with E-state index in [2.05, 4.69) is 32.0 Å². The van der Waals surface area contributed by atoms with Crippen molar-refractivity contribution in [2.75, 3.05) is 32.4 Å². The number of likely N-dealkylation sites (N-methyl/N-ethyl adjacent to an activating group) is 1. The lowest BCUT2D eigenvalue weighted by Crippen LogP contribution is -2.37. The molecule has 0 radical (unpaired) electrons. The van der Waals surface area contributed by atoms with Gasteiger partial charge in [0.25, 0.3) is 0 Å². The molecule has 1 heterocycles. The average Bonchev–Trinajstić information content (AvgIpc) is 2.79. The normalized spacial score (nSPS) is 18.2. The van der Waals surface area contributed by atoms with Crippen LogP contribution in [-0.2, 0) is 9.59 Å². The predicted molar refractivity (Wildman–Crippen MR) is 101 cm³/mol. The molecule has 1 amide bonds. The fourth-order valence-electron chi connectivity index (χ4n) is 3.30. The van der Waals surface area contributed by atoms with Crippen molar-refractivity contribution in [2.24, 2.45) is 0 Å². The average molecular weight is 365 g/mol. The van der Waals surface area contributed by atoms with Crippen LogP contribution in [0.1, 0.15) is 30.4 Å². The number of likely N-dealkylation sites (tertiary alicyclic amines) is 1. The van der Waals surface area contributed by atoms with E-state index in [0.29, 0.717) is 12.3 Å². The summed E-state index contributed by atoms with van der Waals surface area (Å²) in [5, 5.41) is 8.93. The molecule has 2 rings (SSSR count). The van der Waals surface area contributed by atoms with Gasteiger partial charge in [0.05, 0.1) is 12.3 Å². The molecule has 1 atom stereocenters. The molecule has 1 fully saturated rings. The molecule has 0 saturated carbocycles. The van der Waals surface area contributed by atoms with Crippen molar-refractivity contribution < 1.29 is 14.7 Å². The van der Waals surface area contributed by atoms with Crippen LogP contribution in [0.15, 0.2) is 23.1 Å². The first-order valence-corrected chi connectivity index (χ1v) is 9.75. The van der Waals surface area contributed by atoms with Gasteiger partial charge in [0.15, 0.2) is 0 Å².